The summed E-state index contributed by atoms with van der Waals surface area (Å²) in [6, 6.07) is 7.24. The minimum atomic E-state index is 0.281. The molecule has 0 aliphatic rings. The molecular weight excluding hydrogens is 208 g/mol. The molecule has 1 rings (SSSR count). The zero-order valence-corrected chi connectivity index (χ0v) is 10.7. The van der Waals surface area contributed by atoms with E-state index in [2.05, 4.69) is 18.8 Å². The zero-order valence-electron chi connectivity index (χ0n) is 10.7. The van der Waals surface area contributed by atoms with E-state index in [9.17, 15) is 5.11 Å². The van der Waals surface area contributed by atoms with E-state index in [1.54, 1.807) is 6.07 Å². The fourth-order valence-corrected chi connectivity index (χ4v) is 1.73. The fourth-order valence-electron chi connectivity index (χ4n) is 1.73. The number of aromatic hydroxyl groups is 1. The Kier molecular flexibility index (Phi) is 6.98. The van der Waals surface area contributed by atoms with Crippen molar-refractivity contribution in [3.05, 3.63) is 29.8 Å². The van der Waals surface area contributed by atoms with Gasteiger partial charge in [-0.1, -0.05) is 63.0 Å². The summed E-state index contributed by atoms with van der Waals surface area (Å²) in [6.07, 6.45) is 8.70. The first-order valence-electron chi connectivity index (χ1n) is 6.61. The largest absolute Gasteiger partial charge is 0.507 e. The van der Waals surface area contributed by atoms with Crippen molar-refractivity contribution in [3.8, 4) is 17.6 Å². The van der Waals surface area contributed by atoms with Crippen molar-refractivity contribution in [2.45, 2.75) is 51.9 Å². The molecular formula is C16H22O. The van der Waals surface area contributed by atoms with Gasteiger partial charge in [0.2, 0.25) is 0 Å². The Bertz CT molecular complexity index is 371. The maximum atomic E-state index is 9.51. The molecule has 0 atom stereocenters. The molecule has 1 N–H and O–H groups in total. The summed E-state index contributed by atoms with van der Waals surface area (Å²) in [5, 5.41) is 9.51. The summed E-state index contributed by atoms with van der Waals surface area (Å²) in [6.45, 7) is 2.23. The van der Waals surface area contributed by atoms with E-state index in [4.69, 9.17) is 0 Å². The van der Waals surface area contributed by atoms with E-state index in [1.165, 1.54) is 38.5 Å². The van der Waals surface area contributed by atoms with Crippen LogP contribution in [-0.2, 0) is 0 Å². The van der Waals surface area contributed by atoms with Crippen molar-refractivity contribution in [3.63, 3.8) is 0 Å². The quantitative estimate of drug-likeness (QED) is 0.563. The number of hydrogen-bond acceptors (Lipinski definition) is 1. The molecule has 0 aliphatic carbocycles. The van der Waals surface area contributed by atoms with Gasteiger partial charge in [0.25, 0.3) is 0 Å². The van der Waals surface area contributed by atoms with Crippen LogP contribution >= 0.6 is 0 Å². The third kappa shape index (κ3) is 6.02. The van der Waals surface area contributed by atoms with Crippen LogP contribution in [0.15, 0.2) is 24.3 Å². The van der Waals surface area contributed by atoms with Crippen molar-refractivity contribution in [2.24, 2.45) is 0 Å². The summed E-state index contributed by atoms with van der Waals surface area (Å²) in [7, 11) is 0. The average Bonchev–Trinajstić information content (AvgIpc) is 2.35. The molecule has 1 heteroatoms. The van der Waals surface area contributed by atoms with E-state index in [0.717, 1.165) is 12.0 Å². The maximum absolute atomic E-state index is 9.51. The third-order valence-electron chi connectivity index (χ3n) is 2.78. The highest BCUT2D eigenvalue weighted by Crippen LogP contribution is 2.13. The molecule has 1 nitrogen and oxygen atoms in total. The standard InChI is InChI=1S/C16H22O/c1-2-3-4-5-6-7-8-9-12-15-13-10-11-14-16(15)17/h10-11,13-14,17H,2-8H2,1H3. The van der Waals surface area contributed by atoms with Crippen LogP contribution in [0.25, 0.3) is 0 Å². The molecule has 0 fully saturated rings. The zero-order chi connectivity index (χ0) is 12.3. The van der Waals surface area contributed by atoms with E-state index >= 15 is 0 Å². The molecule has 1 aromatic carbocycles. The second-order valence-corrected chi connectivity index (χ2v) is 4.34. The third-order valence-corrected chi connectivity index (χ3v) is 2.78. The summed E-state index contributed by atoms with van der Waals surface area (Å²) in [5.41, 5.74) is 0.735. The Morgan fingerprint density at radius 3 is 2.47 bits per heavy atom. The Hall–Kier alpha value is -1.42. The molecule has 0 unspecified atom stereocenters. The smallest absolute Gasteiger partial charge is 0.131 e. The summed E-state index contributed by atoms with van der Waals surface area (Å²) < 4.78 is 0. The Labute approximate surface area is 105 Å². The van der Waals surface area contributed by atoms with Gasteiger partial charge < -0.3 is 5.11 Å². The van der Waals surface area contributed by atoms with Crippen molar-refractivity contribution in [1.29, 1.82) is 0 Å². The molecule has 0 saturated heterocycles. The molecule has 0 amide bonds. The summed E-state index contributed by atoms with van der Waals surface area (Å²) in [5.74, 6) is 6.42. The van der Waals surface area contributed by atoms with Crippen LogP contribution in [0.3, 0.4) is 0 Å². The first-order chi connectivity index (χ1) is 8.34. The van der Waals surface area contributed by atoms with Gasteiger partial charge in [-0.3, -0.25) is 0 Å². The van der Waals surface area contributed by atoms with Gasteiger partial charge in [0.15, 0.2) is 0 Å². The van der Waals surface area contributed by atoms with Gasteiger partial charge in [0.1, 0.15) is 5.75 Å². The number of unbranched alkanes of at least 4 members (excludes halogenated alkanes) is 6. The van der Waals surface area contributed by atoms with Crippen molar-refractivity contribution in [1.82, 2.24) is 0 Å². The first-order valence-corrected chi connectivity index (χ1v) is 6.61. The number of phenolic OH excluding ortho intramolecular Hbond substituents is 1. The molecule has 0 radical (unpaired) electrons. The second-order valence-electron chi connectivity index (χ2n) is 4.34. The van der Waals surface area contributed by atoms with E-state index in [0.29, 0.717) is 0 Å². The van der Waals surface area contributed by atoms with Crippen molar-refractivity contribution in [2.75, 3.05) is 0 Å². The fraction of sp³-hybridized carbons (Fsp3) is 0.500. The molecule has 0 aromatic heterocycles. The lowest BCUT2D eigenvalue weighted by atomic mass is 10.1. The molecule has 17 heavy (non-hydrogen) atoms. The SMILES string of the molecule is CCCCCCCCC#Cc1ccccc1O. The number of benzene rings is 1. The molecule has 1 aromatic rings. The number of phenols is 1. The van der Waals surface area contributed by atoms with Crippen LogP contribution in [0.1, 0.15) is 57.4 Å². The molecule has 0 bridgehead atoms. The number of hydrogen-bond donors (Lipinski definition) is 1. The maximum Gasteiger partial charge on any atom is 0.131 e. The molecule has 92 valence electrons. The Morgan fingerprint density at radius 1 is 1.00 bits per heavy atom. The van der Waals surface area contributed by atoms with Crippen LogP contribution in [0.4, 0.5) is 0 Å². The van der Waals surface area contributed by atoms with Gasteiger partial charge in [-0.15, -0.1) is 0 Å². The lowest BCUT2D eigenvalue weighted by Gasteiger charge is -1.97. The summed E-state index contributed by atoms with van der Waals surface area (Å²) >= 11 is 0. The van der Waals surface area contributed by atoms with E-state index in [-0.39, 0.29) is 5.75 Å². The van der Waals surface area contributed by atoms with Gasteiger partial charge in [-0.25, -0.2) is 0 Å². The highest BCUT2D eigenvalue weighted by Gasteiger charge is 1.93. The number of rotatable bonds is 6. The summed E-state index contributed by atoms with van der Waals surface area (Å²) in [4.78, 5) is 0. The molecule has 0 heterocycles. The Morgan fingerprint density at radius 2 is 1.71 bits per heavy atom. The highest BCUT2D eigenvalue weighted by atomic mass is 16.3. The Balaban J connectivity index is 2.17. The lowest BCUT2D eigenvalue weighted by molar-refractivity contribution is 0.473. The van der Waals surface area contributed by atoms with Crippen molar-refractivity contribution >= 4 is 0 Å². The predicted octanol–water partition coefficient (Wildman–Crippen LogP) is 4.49. The second kappa shape index (κ2) is 8.70. The lowest BCUT2D eigenvalue weighted by Crippen LogP contribution is -1.78. The number of para-hydroxylation sites is 1. The first kappa shape index (κ1) is 13.6. The van der Waals surface area contributed by atoms with Gasteiger partial charge >= 0.3 is 0 Å². The minimum Gasteiger partial charge on any atom is -0.507 e. The van der Waals surface area contributed by atoms with Crippen LogP contribution < -0.4 is 0 Å². The molecule has 0 aliphatic heterocycles. The highest BCUT2D eigenvalue weighted by molar-refractivity contribution is 5.44. The van der Waals surface area contributed by atoms with Gasteiger partial charge in [-0.2, -0.15) is 0 Å². The normalized spacial score (nSPS) is 9.71. The van der Waals surface area contributed by atoms with Crippen LogP contribution in [-0.4, -0.2) is 5.11 Å². The van der Waals surface area contributed by atoms with Crippen LogP contribution in [0.5, 0.6) is 5.75 Å². The van der Waals surface area contributed by atoms with Crippen LogP contribution in [0.2, 0.25) is 0 Å². The van der Waals surface area contributed by atoms with E-state index in [1.807, 2.05) is 18.2 Å². The minimum absolute atomic E-state index is 0.281. The van der Waals surface area contributed by atoms with Gasteiger partial charge in [0.05, 0.1) is 5.56 Å². The van der Waals surface area contributed by atoms with E-state index < -0.39 is 0 Å². The molecule has 0 saturated carbocycles. The average molecular weight is 230 g/mol. The van der Waals surface area contributed by atoms with Gasteiger partial charge in [0, 0.05) is 6.42 Å². The van der Waals surface area contributed by atoms with Gasteiger partial charge in [-0.05, 0) is 18.6 Å². The van der Waals surface area contributed by atoms with Crippen molar-refractivity contribution < 1.29 is 5.11 Å². The monoisotopic (exact) mass is 230 g/mol. The molecule has 0 spiro atoms. The topological polar surface area (TPSA) is 20.2 Å². The van der Waals surface area contributed by atoms with Crippen LogP contribution in [0, 0.1) is 11.8 Å². The predicted molar refractivity (Wildman–Crippen MR) is 73.0 cm³/mol.